The molecule has 0 fully saturated rings. The van der Waals surface area contributed by atoms with E-state index in [-0.39, 0.29) is 0 Å². The van der Waals surface area contributed by atoms with E-state index in [0.717, 1.165) is 5.56 Å². The molecule has 2 bridgehead atoms. The van der Waals surface area contributed by atoms with Gasteiger partial charge >= 0.3 is 0 Å². The van der Waals surface area contributed by atoms with Crippen LogP contribution < -0.4 is 0 Å². The Kier molecular flexibility index (Phi) is 0.938. The predicted molar refractivity (Wildman–Crippen MR) is 36.3 cm³/mol. The van der Waals surface area contributed by atoms with Crippen LogP contribution in [0.2, 0.25) is 0 Å². The average Bonchev–Trinajstić information content (AvgIpc) is 1.87. The minimum atomic E-state index is -1.60. The summed E-state index contributed by atoms with van der Waals surface area (Å²) in [6, 6.07) is 7.28. The molecule has 52 valence electrons. The molecule has 2 heteroatoms. The van der Waals surface area contributed by atoms with Crippen molar-refractivity contribution in [1.29, 1.82) is 0 Å². The number of hydrogen-bond donors (Lipinski definition) is 2. The topological polar surface area (TPSA) is 40.5 Å². The van der Waals surface area contributed by atoms with E-state index in [0.29, 0.717) is 12.0 Å². The van der Waals surface area contributed by atoms with E-state index in [9.17, 15) is 10.2 Å². The van der Waals surface area contributed by atoms with E-state index in [2.05, 4.69) is 0 Å². The third kappa shape index (κ3) is 0.664. The van der Waals surface area contributed by atoms with Crippen molar-refractivity contribution in [3.05, 3.63) is 35.4 Å². The van der Waals surface area contributed by atoms with Crippen LogP contribution in [-0.2, 0) is 12.2 Å². The Balaban J connectivity index is 2.61. The molecule has 1 aromatic rings. The minimum absolute atomic E-state index is 0.329. The van der Waals surface area contributed by atoms with Crippen molar-refractivity contribution < 1.29 is 10.2 Å². The first-order valence-electron chi connectivity index (χ1n) is 3.23. The Hall–Kier alpha value is -0.860. The van der Waals surface area contributed by atoms with Gasteiger partial charge in [-0.15, -0.1) is 0 Å². The third-order valence-corrected chi connectivity index (χ3v) is 1.87. The van der Waals surface area contributed by atoms with Gasteiger partial charge in [0.25, 0.3) is 0 Å². The van der Waals surface area contributed by atoms with Crippen molar-refractivity contribution in [2.75, 3.05) is 0 Å². The molecule has 10 heavy (non-hydrogen) atoms. The molecule has 0 aliphatic heterocycles. The van der Waals surface area contributed by atoms with Gasteiger partial charge in [-0.1, -0.05) is 24.3 Å². The fourth-order valence-electron chi connectivity index (χ4n) is 1.28. The molecule has 0 aromatic heterocycles. The van der Waals surface area contributed by atoms with Crippen molar-refractivity contribution in [3.63, 3.8) is 0 Å². The van der Waals surface area contributed by atoms with Gasteiger partial charge in [0.1, 0.15) is 0 Å². The highest BCUT2D eigenvalue weighted by molar-refractivity contribution is 5.32. The normalized spacial score (nSPS) is 19.4. The smallest absolute Gasteiger partial charge is 0.193 e. The fourth-order valence-corrected chi connectivity index (χ4v) is 1.28. The molecule has 0 saturated carbocycles. The van der Waals surface area contributed by atoms with Gasteiger partial charge in [-0.3, -0.25) is 0 Å². The second-order valence-electron chi connectivity index (χ2n) is 2.69. The van der Waals surface area contributed by atoms with E-state index in [1.807, 2.05) is 12.1 Å². The fraction of sp³-hybridized carbons (Fsp3) is 0.250. The summed E-state index contributed by atoms with van der Waals surface area (Å²) in [6.45, 7) is 0. The van der Waals surface area contributed by atoms with Crippen LogP contribution in [0.15, 0.2) is 24.3 Å². The van der Waals surface area contributed by atoms with Crippen LogP contribution in [0, 0.1) is 0 Å². The summed E-state index contributed by atoms with van der Waals surface area (Å²) in [5.41, 5.74) is 1.56. The van der Waals surface area contributed by atoms with Crippen LogP contribution in [-0.4, -0.2) is 10.2 Å². The minimum Gasteiger partial charge on any atom is -0.362 e. The standard InChI is InChI=1S/C8H8O2/c9-8(10)5-6-1-3-7(8)4-2-6/h1-4,9-10H,5H2. The second kappa shape index (κ2) is 1.59. The Morgan fingerprint density at radius 2 is 1.70 bits per heavy atom. The maximum Gasteiger partial charge on any atom is 0.193 e. The van der Waals surface area contributed by atoms with Crippen molar-refractivity contribution in [2.45, 2.75) is 12.2 Å². The van der Waals surface area contributed by atoms with Gasteiger partial charge in [-0.2, -0.15) is 0 Å². The third-order valence-electron chi connectivity index (χ3n) is 1.87. The molecule has 0 heterocycles. The summed E-state index contributed by atoms with van der Waals surface area (Å²) < 4.78 is 0. The average molecular weight is 136 g/mol. The molecule has 0 spiro atoms. The molecule has 2 nitrogen and oxygen atoms in total. The number of hydrogen-bond acceptors (Lipinski definition) is 2. The summed E-state index contributed by atoms with van der Waals surface area (Å²) in [7, 11) is 0. The van der Waals surface area contributed by atoms with Crippen molar-refractivity contribution in [3.8, 4) is 0 Å². The van der Waals surface area contributed by atoms with Crippen LogP contribution >= 0.6 is 0 Å². The SMILES string of the molecule is OC1(O)Cc2ccc1cc2. The van der Waals surface area contributed by atoms with E-state index in [1.165, 1.54) is 0 Å². The first-order chi connectivity index (χ1) is 4.68. The predicted octanol–water partition coefficient (Wildman–Crippen LogP) is 0.380. The first-order valence-corrected chi connectivity index (χ1v) is 3.23. The maximum absolute atomic E-state index is 9.26. The van der Waals surface area contributed by atoms with Gasteiger partial charge in [-0.05, 0) is 5.56 Å². The lowest BCUT2D eigenvalue weighted by atomic mass is 9.91. The number of rotatable bonds is 0. The lowest BCUT2D eigenvalue weighted by molar-refractivity contribution is -0.170. The first kappa shape index (κ1) is 5.89. The highest BCUT2D eigenvalue weighted by Crippen LogP contribution is 2.28. The molecule has 0 amide bonds. The van der Waals surface area contributed by atoms with Crippen LogP contribution in [0.1, 0.15) is 11.1 Å². The van der Waals surface area contributed by atoms with Gasteiger partial charge in [-0.25, -0.2) is 0 Å². The molecule has 3 rings (SSSR count). The molecule has 0 radical (unpaired) electrons. The monoisotopic (exact) mass is 136 g/mol. The highest BCUT2D eigenvalue weighted by atomic mass is 16.5. The molecule has 2 aliphatic carbocycles. The van der Waals surface area contributed by atoms with Crippen molar-refractivity contribution in [2.24, 2.45) is 0 Å². The van der Waals surface area contributed by atoms with Gasteiger partial charge in [0.05, 0.1) is 0 Å². The number of fused-ring (bicyclic) bond motifs is 3. The summed E-state index contributed by atoms with van der Waals surface area (Å²) >= 11 is 0. The van der Waals surface area contributed by atoms with E-state index < -0.39 is 5.79 Å². The number of benzene rings is 1. The quantitative estimate of drug-likeness (QED) is 0.506. The van der Waals surface area contributed by atoms with E-state index in [1.54, 1.807) is 12.1 Å². The van der Waals surface area contributed by atoms with Crippen molar-refractivity contribution >= 4 is 0 Å². The lowest BCUT2D eigenvalue weighted by Crippen LogP contribution is -2.30. The maximum atomic E-state index is 9.26. The van der Waals surface area contributed by atoms with Crippen LogP contribution in [0.25, 0.3) is 0 Å². The zero-order chi connectivity index (χ0) is 7.19. The lowest BCUT2D eigenvalue weighted by Gasteiger charge is -2.27. The summed E-state index contributed by atoms with van der Waals surface area (Å²) in [6.07, 6.45) is 0.329. The molecule has 2 N–H and O–H groups in total. The molecule has 0 unspecified atom stereocenters. The van der Waals surface area contributed by atoms with Crippen molar-refractivity contribution in [1.82, 2.24) is 0 Å². The molecular formula is C8H8O2. The van der Waals surface area contributed by atoms with E-state index in [4.69, 9.17) is 0 Å². The second-order valence-corrected chi connectivity index (χ2v) is 2.69. The summed E-state index contributed by atoms with van der Waals surface area (Å²) in [5, 5.41) is 18.5. The van der Waals surface area contributed by atoms with Gasteiger partial charge in [0, 0.05) is 12.0 Å². The largest absolute Gasteiger partial charge is 0.362 e. The van der Waals surface area contributed by atoms with Crippen LogP contribution in [0.5, 0.6) is 0 Å². The highest BCUT2D eigenvalue weighted by Gasteiger charge is 2.29. The molecule has 0 atom stereocenters. The molecule has 1 aromatic carbocycles. The zero-order valence-corrected chi connectivity index (χ0v) is 5.41. The Morgan fingerprint density at radius 1 is 1.10 bits per heavy atom. The zero-order valence-electron chi connectivity index (χ0n) is 5.41. The van der Waals surface area contributed by atoms with Gasteiger partial charge < -0.3 is 10.2 Å². The summed E-state index contributed by atoms with van der Waals surface area (Å²) in [4.78, 5) is 0. The summed E-state index contributed by atoms with van der Waals surface area (Å²) in [5.74, 6) is -1.60. The molecule has 0 saturated heterocycles. The molecule has 2 aliphatic rings. The van der Waals surface area contributed by atoms with Crippen LogP contribution in [0.4, 0.5) is 0 Å². The number of aliphatic hydroxyl groups is 2. The van der Waals surface area contributed by atoms with Gasteiger partial charge in [0.15, 0.2) is 5.79 Å². The Morgan fingerprint density at radius 3 is 1.90 bits per heavy atom. The van der Waals surface area contributed by atoms with Crippen LogP contribution in [0.3, 0.4) is 0 Å². The van der Waals surface area contributed by atoms with Gasteiger partial charge in [0.2, 0.25) is 0 Å². The Bertz CT molecular complexity index is 248. The molecular weight excluding hydrogens is 128 g/mol. The van der Waals surface area contributed by atoms with E-state index >= 15 is 0 Å². The Labute approximate surface area is 58.7 Å².